The molecule has 0 radical (unpaired) electrons. The number of amides is 2. The molecule has 1 saturated heterocycles. The highest BCUT2D eigenvalue weighted by Crippen LogP contribution is 2.16. The van der Waals surface area contributed by atoms with E-state index in [4.69, 9.17) is 4.74 Å². The van der Waals surface area contributed by atoms with Gasteiger partial charge in [0.1, 0.15) is 0 Å². The summed E-state index contributed by atoms with van der Waals surface area (Å²) in [6.45, 7) is 11.3. The smallest absolute Gasteiger partial charge is 0.254 e. The summed E-state index contributed by atoms with van der Waals surface area (Å²) in [6, 6.07) is 7.43. The quantitative estimate of drug-likeness (QED) is 0.925. The van der Waals surface area contributed by atoms with Gasteiger partial charge in [0.05, 0.1) is 12.2 Å². The molecule has 24 heavy (non-hydrogen) atoms. The van der Waals surface area contributed by atoms with Gasteiger partial charge in [-0.05, 0) is 31.5 Å². The third-order valence-electron chi connectivity index (χ3n) is 4.04. The maximum absolute atomic E-state index is 12.6. The molecule has 0 saturated carbocycles. The molecule has 2 unspecified atom stereocenters. The Bertz CT molecular complexity index is 580. The highest BCUT2D eigenvalue weighted by atomic mass is 16.5. The number of hydrogen-bond donors (Lipinski definition) is 1. The summed E-state index contributed by atoms with van der Waals surface area (Å²) >= 11 is 0. The second-order valence-electron chi connectivity index (χ2n) is 7.60. The molecule has 5 nitrogen and oxygen atoms in total. The van der Waals surface area contributed by atoms with Gasteiger partial charge in [0, 0.05) is 30.6 Å². The number of ether oxygens (including phenoxy) is 1. The SMILES string of the molecule is CC1CN(C(=O)c2ccc(CNC(=O)C(C)(C)C)cc2)CC(C)O1. The maximum atomic E-state index is 12.6. The van der Waals surface area contributed by atoms with Crippen molar-refractivity contribution in [1.82, 2.24) is 10.2 Å². The summed E-state index contributed by atoms with van der Waals surface area (Å²) in [5.74, 6) is 0.0428. The van der Waals surface area contributed by atoms with Crippen molar-refractivity contribution in [2.75, 3.05) is 13.1 Å². The Labute approximate surface area is 144 Å². The van der Waals surface area contributed by atoms with E-state index in [1.54, 1.807) is 0 Å². The van der Waals surface area contributed by atoms with Crippen LogP contribution in [0.2, 0.25) is 0 Å². The van der Waals surface area contributed by atoms with Crippen LogP contribution in [0.5, 0.6) is 0 Å². The monoisotopic (exact) mass is 332 g/mol. The van der Waals surface area contributed by atoms with Gasteiger partial charge in [0.15, 0.2) is 0 Å². The first-order valence-electron chi connectivity index (χ1n) is 8.49. The Morgan fingerprint density at radius 2 is 1.67 bits per heavy atom. The molecule has 5 heteroatoms. The average molecular weight is 332 g/mol. The van der Waals surface area contributed by atoms with Gasteiger partial charge in [-0.2, -0.15) is 0 Å². The zero-order chi connectivity index (χ0) is 17.9. The Kier molecular flexibility index (Phi) is 5.65. The number of hydrogen-bond acceptors (Lipinski definition) is 3. The first kappa shape index (κ1) is 18.5. The van der Waals surface area contributed by atoms with Crippen molar-refractivity contribution in [2.24, 2.45) is 5.41 Å². The fraction of sp³-hybridized carbons (Fsp3) is 0.579. The minimum atomic E-state index is -0.403. The van der Waals surface area contributed by atoms with Crippen LogP contribution < -0.4 is 5.32 Å². The van der Waals surface area contributed by atoms with Crippen molar-refractivity contribution in [3.05, 3.63) is 35.4 Å². The molecule has 1 aliphatic rings. The van der Waals surface area contributed by atoms with Gasteiger partial charge in [0.2, 0.25) is 5.91 Å². The van der Waals surface area contributed by atoms with Gasteiger partial charge in [-0.15, -0.1) is 0 Å². The zero-order valence-electron chi connectivity index (χ0n) is 15.3. The number of nitrogens with one attached hydrogen (secondary N) is 1. The zero-order valence-corrected chi connectivity index (χ0v) is 15.3. The van der Waals surface area contributed by atoms with Crippen LogP contribution in [-0.2, 0) is 16.1 Å². The van der Waals surface area contributed by atoms with E-state index in [1.807, 2.05) is 63.8 Å². The summed E-state index contributed by atoms with van der Waals surface area (Å²) < 4.78 is 5.67. The predicted molar refractivity (Wildman–Crippen MR) is 93.7 cm³/mol. The molecule has 1 fully saturated rings. The minimum Gasteiger partial charge on any atom is -0.372 e. The topological polar surface area (TPSA) is 58.6 Å². The van der Waals surface area contributed by atoms with Crippen LogP contribution in [0.25, 0.3) is 0 Å². The summed E-state index contributed by atoms with van der Waals surface area (Å²) in [6.07, 6.45) is 0.120. The molecule has 1 N–H and O–H groups in total. The Morgan fingerprint density at radius 1 is 1.12 bits per heavy atom. The molecule has 1 heterocycles. The lowest BCUT2D eigenvalue weighted by atomic mass is 9.95. The molecule has 0 aliphatic carbocycles. The van der Waals surface area contributed by atoms with E-state index in [2.05, 4.69) is 5.32 Å². The van der Waals surface area contributed by atoms with Crippen molar-refractivity contribution in [1.29, 1.82) is 0 Å². The van der Waals surface area contributed by atoms with Crippen LogP contribution in [-0.4, -0.2) is 42.0 Å². The van der Waals surface area contributed by atoms with Crippen molar-refractivity contribution in [3.8, 4) is 0 Å². The Balaban J connectivity index is 1.96. The molecule has 132 valence electrons. The fourth-order valence-electron chi connectivity index (χ4n) is 2.74. The lowest BCUT2D eigenvalue weighted by Crippen LogP contribution is -2.48. The summed E-state index contributed by atoms with van der Waals surface area (Å²) in [4.78, 5) is 26.3. The molecule has 1 aromatic carbocycles. The van der Waals surface area contributed by atoms with E-state index in [0.717, 1.165) is 5.56 Å². The predicted octanol–water partition coefficient (Wildman–Crippen LogP) is 2.60. The number of carbonyl (C=O) groups excluding carboxylic acids is 2. The van der Waals surface area contributed by atoms with Crippen molar-refractivity contribution < 1.29 is 14.3 Å². The third-order valence-corrected chi connectivity index (χ3v) is 4.04. The molecular weight excluding hydrogens is 304 g/mol. The average Bonchev–Trinajstić information content (AvgIpc) is 2.50. The van der Waals surface area contributed by atoms with Crippen molar-refractivity contribution in [3.63, 3.8) is 0 Å². The molecule has 0 aromatic heterocycles. The second kappa shape index (κ2) is 7.34. The van der Waals surface area contributed by atoms with E-state index in [9.17, 15) is 9.59 Å². The van der Waals surface area contributed by atoms with Gasteiger partial charge in [-0.3, -0.25) is 9.59 Å². The second-order valence-corrected chi connectivity index (χ2v) is 7.60. The maximum Gasteiger partial charge on any atom is 0.254 e. The molecule has 0 bridgehead atoms. The van der Waals surface area contributed by atoms with Gasteiger partial charge in [-0.25, -0.2) is 0 Å². The van der Waals surface area contributed by atoms with Gasteiger partial charge in [0.25, 0.3) is 5.91 Å². The molecule has 1 aliphatic heterocycles. The molecular formula is C19H28N2O3. The van der Waals surface area contributed by atoms with Crippen LogP contribution in [0.15, 0.2) is 24.3 Å². The van der Waals surface area contributed by atoms with Crippen LogP contribution >= 0.6 is 0 Å². The molecule has 0 spiro atoms. The normalized spacial score (nSPS) is 21.5. The lowest BCUT2D eigenvalue weighted by molar-refractivity contribution is -0.128. The lowest BCUT2D eigenvalue weighted by Gasteiger charge is -2.35. The van der Waals surface area contributed by atoms with Gasteiger partial charge in [-0.1, -0.05) is 32.9 Å². The van der Waals surface area contributed by atoms with E-state index >= 15 is 0 Å². The molecule has 2 atom stereocenters. The first-order valence-corrected chi connectivity index (χ1v) is 8.49. The number of benzene rings is 1. The largest absolute Gasteiger partial charge is 0.372 e. The standard InChI is InChI=1S/C19H28N2O3/c1-13-11-21(12-14(2)24-13)17(22)16-8-6-15(7-9-16)10-20-18(23)19(3,4)5/h6-9,13-14H,10-12H2,1-5H3,(H,20,23). The highest BCUT2D eigenvalue weighted by Gasteiger charge is 2.26. The fourth-order valence-corrected chi connectivity index (χ4v) is 2.74. The highest BCUT2D eigenvalue weighted by molar-refractivity contribution is 5.94. The molecule has 2 amide bonds. The first-order chi connectivity index (χ1) is 11.2. The van der Waals surface area contributed by atoms with E-state index in [1.165, 1.54) is 0 Å². The summed E-state index contributed by atoms with van der Waals surface area (Å²) in [7, 11) is 0. The van der Waals surface area contributed by atoms with Crippen LogP contribution in [0, 0.1) is 5.41 Å². The Morgan fingerprint density at radius 3 is 2.17 bits per heavy atom. The number of rotatable bonds is 3. The number of carbonyl (C=O) groups is 2. The van der Waals surface area contributed by atoms with Crippen molar-refractivity contribution >= 4 is 11.8 Å². The Hall–Kier alpha value is -1.88. The summed E-state index contributed by atoms with van der Waals surface area (Å²) in [5, 5.41) is 2.91. The van der Waals surface area contributed by atoms with Gasteiger partial charge < -0.3 is 15.0 Å². The van der Waals surface area contributed by atoms with Crippen molar-refractivity contribution in [2.45, 2.75) is 53.4 Å². The van der Waals surface area contributed by atoms with Crippen LogP contribution in [0.1, 0.15) is 50.5 Å². The minimum absolute atomic E-state index is 0.0129. The third kappa shape index (κ3) is 4.81. The molecule has 1 aromatic rings. The number of morpholine rings is 1. The van der Waals surface area contributed by atoms with E-state index < -0.39 is 5.41 Å². The summed E-state index contributed by atoms with van der Waals surface area (Å²) in [5.41, 5.74) is 1.25. The number of nitrogens with zero attached hydrogens (tertiary/aromatic N) is 1. The molecule has 2 rings (SSSR count). The van der Waals surface area contributed by atoms with Crippen LogP contribution in [0.4, 0.5) is 0 Å². The van der Waals surface area contributed by atoms with Crippen LogP contribution in [0.3, 0.4) is 0 Å². The van der Waals surface area contributed by atoms with E-state index in [-0.39, 0.29) is 24.0 Å². The van der Waals surface area contributed by atoms with Gasteiger partial charge >= 0.3 is 0 Å². The van der Waals surface area contributed by atoms with E-state index in [0.29, 0.717) is 25.2 Å².